The highest BCUT2D eigenvalue weighted by Crippen LogP contribution is 2.37. The summed E-state index contributed by atoms with van der Waals surface area (Å²) in [6.45, 7) is 1.98. The van der Waals surface area contributed by atoms with Gasteiger partial charge in [-0.05, 0) is 61.0 Å². The van der Waals surface area contributed by atoms with Gasteiger partial charge in [0, 0.05) is 21.8 Å². The van der Waals surface area contributed by atoms with Gasteiger partial charge in [-0.25, -0.2) is 0 Å². The van der Waals surface area contributed by atoms with Crippen molar-refractivity contribution in [2.24, 2.45) is 0 Å². The lowest BCUT2D eigenvalue weighted by Gasteiger charge is -2.18. The lowest BCUT2D eigenvalue weighted by molar-refractivity contribution is -0.115. The first kappa shape index (κ1) is 25.4. The molecule has 5 nitrogen and oxygen atoms in total. The monoisotopic (exact) mass is 516 g/mol. The van der Waals surface area contributed by atoms with E-state index in [1.807, 2.05) is 73.7 Å². The molecule has 2 amide bonds. The molecular weight excluding hydrogens is 492 g/mol. The molecule has 1 atom stereocenters. The van der Waals surface area contributed by atoms with Crippen LogP contribution in [0.1, 0.15) is 26.7 Å². The van der Waals surface area contributed by atoms with Crippen molar-refractivity contribution in [3.8, 4) is 5.75 Å². The minimum atomic E-state index is -0.532. The van der Waals surface area contributed by atoms with Crippen molar-refractivity contribution in [3.05, 3.63) is 119 Å². The normalized spacial score (nSPS) is 11.4. The molecule has 0 bridgehead atoms. The lowest BCUT2D eigenvalue weighted by Crippen LogP contribution is -2.19. The zero-order chi connectivity index (χ0) is 25.5. The second kappa shape index (κ2) is 11.8. The van der Waals surface area contributed by atoms with E-state index in [1.54, 1.807) is 37.4 Å². The third kappa shape index (κ3) is 6.47. The highest BCUT2D eigenvalue weighted by atomic mass is 35.5. The molecule has 36 heavy (non-hydrogen) atoms. The SMILES string of the molecule is COc1ccc(NC(=O)C(Sc2cccc(NC(=O)c3ccc(C)cc3)c2)c2ccccc2)cc1Cl. The highest BCUT2D eigenvalue weighted by molar-refractivity contribution is 8.00. The number of thioether (sulfide) groups is 1. The van der Waals surface area contributed by atoms with Gasteiger partial charge in [0.15, 0.2) is 0 Å². The van der Waals surface area contributed by atoms with Gasteiger partial charge in [0.05, 0.1) is 12.1 Å². The summed E-state index contributed by atoms with van der Waals surface area (Å²) in [6.07, 6.45) is 0. The Morgan fingerprint density at radius 2 is 1.56 bits per heavy atom. The molecule has 0 aliphatic heterocycles. The van der Waals surface area contributed by atoms with Gasteiger partial charge in [0.2, 0.25) is 5.91 Å². The molecule has 4 rings (SSSR count). The molecule has 0 aliphatic carbocycles. The number of hydrogen-bond donors (Lipinski definition) is 2. The molecule has 0 saturated carbocycles. The first-order chi connectivity index (χ1) is 17.4. The fourth-order valence-electron chi connectivity index (χ4n) is 3.54. The molecule has 182 valence electrons. The summed E-state index contributed by atoms with van der Waals surface area (Å²) in [6, 6.07) is 29.5. The quantitative estimate of drug-likeness (QED) is 0.240. The Kier molecular flexibility index (Phi) is 8.31. The Hall–Kier alpha value is -3.74. The number of benzene rings is 4. The molecule has 0 radical (unpaired) electrons. The third-order valence-corrected chi connectivity index (χ3v) is 6.96. The molecule has 7 heteroatoms. The molecular formula is C29H25ClN2O3S. The fourth-order valence-corrected chi connectivity index (χ4v) is 4.89. The van der Waals surface area contributed by atoms with Crippen molar-refractivity contribution >= 4 is 46.6 Å². The van der Waals surface area contributed by atoms with Crippen LogP contribution in [-0.4, -0.2) is 18.9 Å². The summed E-state index contributed by atoms with van der Waals surface area (Å²) in [4.78, 5) is 26.9. The Morgan fingerprint density at radius 1 is 0.833 bits per heavy atom. The average molecular weight is 517 g/mol. The molecule has 0 aromatic heterocycles. The van der Waals surface area contributed by atoms with E-state index in [1.165, 1.54) is 11.8 Å². The van der Waals surface area contributed by atoms with Gasteiger partial charge in [-0.1, -0.05) is 65.7 Å². The summed E-state index contributed by atoms with van der Waals surface area (Å²) >= 11 is 7.63. The van der Waals surface area contributed by atoms with Crippen LogP contribution >= 0.6 is 23.4 Å². The topological polar surface area (TPSA) is 67.4 Å². The van der Waals surface area contributed by atoms with Crippen molar-refractivity contribution in [2.75, 3.05) is 17.7 Å². The van der Waals surface area contributed by atoms with E-state index in [-0.39, 0.29) is 11.8 Å². The van der Waals surface area contributed by atoms with Crippen LogP contribution in [0.4, 0.5) is 11.4 Å². The van der Waals surface area contributed by atoms with Crippen LogP contribution in [0.15, 0.2) is 102 Å². The van der Waals surface area contributed by atoms with Gasteiger partial charge >= 0.3 is 0 Å². The average Bonchev–Trinajstić information content (AvgIpc) is 2.88. The van der Waals surface area contributed by atoms with Crippen LogP contribution in [0.5, 0.6) is 5.75 Å². The number of anilines is 2. The second-order valence-corrected chi connectivity index (χ2v) is 9.68. The van der Waals surface area contributed by atoms with E-state index in [0.29, 0.717) is 27.7 Å². The molecule has 4 aromatic carbocycles. The molecule has 1 unspecified atom stereocenters. The summed E-state index contributed by atoms with van der Waals surface area (Å²) in [7, 11) is 1.54. The Balaban J connectivity index is 1.53. The number of nitrogens with one attached hydrogen (secondary N) is 2. The summed E-state index contributed by atoms with van der Waals surface area (Å²) < 4.78 is 5.19. The van der Waals surface area contributed by atoms with Crippen LogP contribution in [0.3, 0.4) is 0 Å². The number of hydrogen-bond acceptors (Lipinski definition) is 4. The Morgan fingerprint density at radius 3 is 2.25 bits per heavy atom. The van der Waals surface area contributed by atoms with Gasteiger partial charge in [-0.3, -0.25) is 9.59 Å². The fraction of sp³-hybridized carbons (Fsp3) is 0.103. The molecule has 0 saturated heterocycles. The predicted octanol–water partition coefficient (Wildman–Crippen LogP) is 7.38. The standard InChI is InChI=1S/C29H25ClN2O3S/c1-19-11-13-21(14-12-19)28(33)31-22-9-6-10-24(17-22)36-27(20-7-4-3-5-8-20)29(34)32-23-15-16-26(35-2)25(30)18-23/h3-18,27H,1-2H3,(H,31,33)(H,32,34). The zero-order valence-corrected chi connectivity index (χ0v) is 21.4. The van der Waals surface area contributed by atoms with E-state index < -0.39 is 5.25 Å². The number of rotatable bonds is 8. The van der Waals surface area contributed by atoms with Crippen molar-refractivity contribution in [1.82, 2.24) is 0 Å². The van der Waals surface area contributed by atoms with E-state index in [2.05, 4.69) is 10.6 Å². The van der Waals surface area contributed by atoms with E-state index in [4.69, 9.17) is 16.3 Å². The number of amides is 2. The molecule has 0 fully saturated rings. The van der Waals surface area contributed by atoms with Crippen molar-refractivity contribution < 1.29 is 14.3 Å². The van der Waals surface area contributed by atoms with Crippen molar-refractivity contribution in [2.45, 2.75) is 17.1 Å². The summed E-state index contributed by atoms with van der Waals surface area (Å²) in [5.74, 6) is 0.153. The maximum Gasteiger partial charge on any atom is 0.255 e. The van der Waals surface area contributed by atoms with Crippen LogP contribution in [0, 0.1) is 6.92 Å². The van der Waals surface area contributed by atoms with Crippen molar-refractivity contribution in [1.29, 1.82) is 0 Å². The molecule has 0 aliphatic rings. The maximum absolute atomic E-state index is 13.4. The van der Waals surface area contributed by atoms with E-state index >= 15 is 0 Å². The minimum absolute atomic E-state index is 0.189. The first-order valence-electron chi connectivity index (χ1n) is 11.3. The molecule has 0 heterocycles. The number of carbonyl (C=O) groups excluding carboxylic acids is 2. The molecule has 0 spiro atoms. The number of ether oxygens (including phenoxy) is 1. The predicted molar refractivity (Wildman–Crippen MR) is 147 cm³/mol. The van der Waals surface area contributed by atoms with Gasteiger partial charge in [-0.2, -0.15) is 0 Å². The number of aryl methyl sites for hydroxylation is 1. The lowest BCUT2D eigenvalue weighted by atomic mass is 10.1. The minimum Gasteiger partial charge on any atom is -0.495 e. The smallest absolute Gasteiger partial charge is 0.255 e. The Bertz CT molecular complexity index is 1360. The van der Waals surface area contributed by atoms with Crippen LogP contribution in [0.2, 0.25) is 5.02 Å². The highest BCUT2D eigenvalue weighted by Gasteiger charge is 2.23. The van der Waals surface area contributed by atoms with Crippen LogP contribution in [0.25, 0.3) is 0 Å². The van der Waals surface area contributed by atoms with Gasteiger partial charge < -0.3 is 15.4 Å². The third-order valence-electron chi connectivity index (χ3n) is 5.42. The number of methoxy groups -OCH3 is 1. The van der Waals surface area contributed by atoms with Crippen LogP contribution in [-0.2, 0) is 4.79 Å². The number of halogens is 1. The van der Waals surface area contributed by atoms with Gasteiger partial charge in [0.1, 0.15) is 11.0 Å². The van der Waals surface area contributed by atoms with Gasteiger partial charge in [-0.15, -0.1) is 11.8 Å². The second-order valence-electron chi connectivity index (χ2n) is 8.10. The van der Waals surface area contributed by atoms with E-state index in [9.17, 15) is 9.59 Å². The number of carbonyl (C=O) groups is 2. The maximum atomic E-state index is 13.4. The summed E-state index contributed by atoms with van der Waals surface area (Å²) in [5, 5.41) is 5.77. The first-order valence-corrected chi connectivity index (χ1v) is 12.5. The van der Waals surface area contributed by atoms with Gasteiger partial charge in [0.25, 0.3) is 5.91 Å². The Labute approximate surface area is 219 Å². The largest absolute Gasteiger partial charge is 0.495 e. The van der Waals surface area contributed by atoms with Crippen molar-refractivity contribution in [3.63, 3.8) is 0 Å². The molecule has 2 N–H and O–H groups in total. The summed E-state index contributed by atoms with van der Waals surface area (Å²) in [5.41, 5.74) is 3.75. The molecule has 4 aromatic rings. The van der Waals surface area contributed by atoms with E-state index in [0.717, 1.165) is 16.0 Å². The van der Waals surface area contributed by atoms with Crippen LogP contribution < -0.4 is 15.4 Å². The zero-order valence-electron chi connectivity index (χ0n) is 19.8.